The zero-order chi connectivity index (χ0) is 22.2. The molecule has 0 spiro atoms. The van der Waals surface area contributed by atoms with Crippen LogP contribution in [-0.2, 0) is 19.7 Å². The first-order valence-electron chi connectivity index (χ1n) is 9.87. The summed E-state index contributed by atoms with van der Waals surface area (Å²) in [7, 11) is 1.66. The van der Waals surface area contributed by atoms with Gasteiger partial charge in [-0.2, -0.15) is 0 Å². The molecule has 3 rings (SSSR count). The highest BCUT2D eigenvalue weighted by atomic mass is 79.9. The minimum atomic E-state index is -0.404. The van der Waals surface area contributed by atoms with Crippen molar-refractivity contribution in [1.29, 1.82) is 0 Å². The van der Waals surface area contributed by atoms with Gasteiger partial charge in [0, 0.05) is 24.2 Å². The van der Waals surface area contributed by atoms with E-state index in [-0.39, 0.29) is 6.61 Å². The second kappa shape index (κ2) is 11.4. The monoisotopic (exact) mass is 507 g/mol. The Kier molecular flexibility index (Phi) is 8.58. The van der Waals surface area contributed by atoms with E-state index in [0.29, 0.717) is 41.8 Å². The minimum Gasteiger partial charge on any atom is -0.496 e. The Morgan fingerprint density at radius 1 is 1.00 bits per heavy atom. The average Bonchev–Trinajstić information content (AvgIpc) is 2.75. The number of para-hydroxylation sites is 1. The SMILES string of the molecule is CCOc1cc(CNCc2ccccc2OC)cc(Br)c1OCc1c(F)cccc1Cl. The highest BCUT2D eigenvalue weighted by Crippen LogP contribution is 2.38. The van der Waals surface area contributed by atoms with E-state index >= 15 is 0 Å². The Balaban J connectivity index is 1.72. The maximum atomic E-state index is 14.1. The maximum absolute atomic E-state index is 14.1. The zero-order valence-electron chi connectivity index (χ0n) is 17.4. The van der Waals surface area contributed by atoms with E-state index in [2.05, 4.69) is 21.2 Å². The van der Waals surface area contributed by atoms with Crippen LogP contribution in [0.4, 0.5) is 4.39 Å². The van der Waals surface area contributed by atoms with Gasteiger partial charge in [-0.05, 0) is 58.7 Å². The Hall–Kier alpha value is -2.28. The molecule has 7 heteroatoms. The van der Waals surface area contributed by atoms with Gasteiger partial charge in [0.25, 0.3) is 0 Å². The normalized spacial score (nSPS) is 10.7. The quantitative estimate of drug-likeness (QED) is 0.338. The maximum Gasteiger partial charge on any atom is 0.175 e. The highest BCUT2D eigenvalue weighted by molar-refractivity contribution is 9.10. The first kappa shape index (κ1) is 23.4. The van der Waals surface area contributed by atoms with E-state index in [9.17, 15) is 4.39 Å². The third kappa shape index (κ3) is 6.12. The summed E-state index contributed by atoms with van der Waals surface area (Å²) in [5, 5.41) is 3.74. The smallest absolute Gasteiger partial charge is 0.175 e. The van der Waals surface area contributed by atoms with Crippen LogP contribution in [0.25, 0.3) is 0 Å². The Bertz CT molecular complexity index is 1010. The largest absolute Gasteiger partial charge is 0.496 e. The van der Waals surface area contributed by atoms with Crippen molar-refractivity contribution in [2.45, 2.75) is 26.6 Å². The van der Waals surface area contributed by atoms with Gasteiger partial charge >= 0.3 is 0 Å². The van der Waals surface area contributed by atoms with Crippen LogP contribution in [-0.4, -0.2) is 13.7 Å². The molecule has 0 heterocycles. The fourth-order valence-electron chi connectivity index (χ4n) is 3.13. The van der Waals surface area contributed by atoms with Crippen molar-refractivity contribution < 1.29 is 18.6 Å². The van der Waals surface area contributed by atoms with Crippen LogP contribution < -0.4 is 19.5 Å². The number of rotatable bonds is 10. The average molecular weight is 509 g/mol. The topological polar surface area (TPSA) is 39.7 Å². The third-order valence-corrected chi connectivity index (χ3v) is 5.57. The van der Waals surface area contributed by atoms with E-state index in [1.807, 2.05) is 43.3 Å². The highest BCUT2D eigenvalue weighted by Gasteiger charge is 2.15. The lowest BCUT2D eigenvalue weighted by Crippen LogP contribution is -2.13. The second-order valence-electron chi connectivity index (χ2n) is 6.74. The first-order valence-corrected chi connectivity index (χ1v) is 11.0. The van der Waals surface area contributed by atoms with Crippen molar-refractivity contribution in [3.8, 4) is 17.2 Å². The summed E-state index contributed by atoms with van der Waals surface area (Å²) >= 11 is 9.67. The summed E-state index contributed by atoms with van der Waals surface area (Å²) in [5.41, 5.74) is 2.40. The molecule has 0 aliphatic heterocycles. The predicted molar refractivity (Wildman–Crippen MR) is 125 cm³/mol. The van der Waals surface area contributed by atoms with Crippen molar-refractivity contribution in [2.24, 2.45) is 0 Å². The molecule has 3 aromatic rings. The van der Waals surface area contributed by atoms with E-state index in [1.54, 1.807) is 19.2 Å². The molecule has 3 aromatic carbocycles. The fourth-order valence-corrected chi connectivity index (χ4v) is 3.95. The van der Waals surface area contributed by atoms with Crippen molar-refractivity contribution in [3.05, 3.63) is 86.6 Å². The van der Waals surface area contributed by atoms with Gasteiger partial charge in [0.05, 0.1) is 23.2 Å². The Morgan fingerprint density at radius 2 is 1.81 bits per heavy atom. The fraction of sp³-hybridized carbons (Fsp3) is 0.250. The third-order valence-electron chi connectivity index (χ3n) is 4.63. The van der Waals surface area contributed by atoms with E-state index < -0.39 is 5.82 Å². The number of ether oxygens (including phenoxy) is 3. The molecule has 0 aliphatic carbocycles. The zero-order valence-corrected chi connectivity index (χ0v) is 19.7. The first-order chi connectivity index (χ1) is 15.0. The number of benzene rings is 3. The molecule has 0 saturated carbocycles. The molecular formula is C24H24BrClFNO3. The van der Waals surface area contributed by atoms with Gasteiger partial charge in [0.2, 0.25) is 0 Å². The Morgan fingerprint density at radius 3 is 2.55 bits per heavy atom. The molecule has 4 nitrogen and oxygen atoms in total. The van der Waals surface area contributed by atoms with Gasteiger partial charge in [-0.15, -0.1) is 0 Å². The molecular weight excluding hydrogens is 485 g/mol. The number of halogens is 3. The minimum absolute atomic E-state index is 0.00439. The van der Waals surface area contributed by atoms with Crippen LogP contribution in [0.1, 0.15) is 23.6 Å². The molecule has 1 N–H and O–H groups in total. The summed E-state index contributed by atoms with van der Waals surface area (Å²) in [4.78, 5) is 0. The number of methoxy groups -OCH3 is 1. The number of nitrogens with one attached hydrogen (secondary N) is 1. The van der Waals surface area contributed by atoms with E-state index in [1.165, 1.54) is 6.07 Å². The van der Waals surface area contributed by atoms with Crippen molar-refractivity contribution >= 4 is 27.5 Å². The molecule has 0 atom stereocenters. The molecule has 0 bridgehead atoms. The lowest BCUT2D eigenvalue weighted by atomic mass is 10.1. The lowest BCUT2D eigenvalue weighted by Gasteiger charge is -2.17. The summed E-state index contributed by atoms with van der Waals surface area (Å²) < 4.78 is 31.9. The molecule has 0 unspecified atom stereocenters. The standard InChI is InChI=1S/C24H24BrClFNO3/c1-3-30-23-12-16(13-28-14-17-7-4-5-10-22(17)29-2)11-19(25)24(23)31-15-18-20(26)8-6-9-21(18)27/h4-12,28H,3,13-15H2,1-2H3. The van der Waals surface area contributed by atoms with Crippen LogP contribution in [0.3, 0.4) is 0 Å². The molecule has 0 aliphatic rings. The van der Waals surface area contributed by atoms with Gasteiger partial charge < -0.3 is 19.5 Å². The van der Waals surface area contributed by atoms with Gasteiger partial charge in [-0.1, -0.05) is 35.9 Å². The van der Waals surface area contributed by atoms with Crippen LogP contribution in [0.5, 0.6) is 17.2 Å². The molecule has 31 heavy (non-hydrogen) atoms. The van der Waals surface area contributed by atoms with Crippen LogP contribution >= 0.6 is 27.5 Å². The van der Waals surface area contributed by atoms with E-state index in [4.69, 9.17) is 25.8 Å². The van der Waals surface area contributed by atoms with Crippen LogP contribution in [0.2, 0.25) is 5.02 Å². The summed E-state index contributed by atoms with van der Waals surface area (Å²) in [6.07, 6.45) is 0. The second-order valence-corrected chi connectivity index (χ2v) is 8.00. The van der Waals surface area contributed by atoms with Crippen molar-refractivity contribution in [2.75, 3.05) is 13.7 Å². The lowest BCUT2D eigenvalue weighted by molar-refractivity contribution is 0.264. The van der Waals surface area contributed by atoms with Crippen molar-refractivity contribution in [1.82, 2.24) is 5.32 Å². The van der Waals surface area contributed by atoms with Gasteiger partial charge in [0.1, 0.15) is 18.2 Å². The molecule has 0 fully saturated rings. The molecule has 164 valence electrons. The summed E-state index contributed by atoms with van der Waals surface area (Å²) in [5.74, 6) is 1.54. The number of hydrogen-bond donors (Lipinski definition) is 1. The van der Waals surface area contributed by atoms with Crippen LogP contribution in [0.15, 0.2) is 59.1 Å². The van der Waals surface area contributed by atoms with E-state index in [0.717, 1.165) is 21.3 Å². The molecule has 0 saturated heterocycles. The summed E-state index contributed by atoms with van der Waals surface area (Å²) in [6.45, 7) is 3.65. The van der Waals surface area contributed by atoms with Crippen LogP contribution in [0, 0.1) is 5.82 Å². The van der Waals surface area contributed by atoms with Crippen molar-refractivity contribution in [3.63, 3.8) is 0 Å². The Labute approximate surface area is 195 Å². The molecule has 0 aromatic heterocycles. The predicted octanol–water partition coefficient (Wildman–Crippen LogP) is 6.52. The van der Waals surface area contributed by atoms with Gasteiger partial charge in [-0.3, -0.25) is 0 Å². The molecule has 0 amide bonds. The molecule has 0 radical (unpaired) electrons. The summed E-state index contributed by atoms with van der Waals surface area (Å²) in [6, 6.07) is 16.3. The number of hydrogen-bond acceptors (Lipinski definition) is 4. The van der Waals surface area contributed by atoms with Gasteiger partial charge in [-0.25, -0.2) is 4.39 Å². The van der Waals surface area contributed by atoms with Gasteiger partial charge in [0.15, 0.2) is 11.5 Å².